The highest BCUT2D eigenvalue weighted by Gasteiger charge is 2.24. The van der Waals surface area contributed by atoms with Crippen molar-refractivity contribution in [3.05, 3.63) is 59.2 Å². The Bertz CT molecular complexity index is 828. The lowest BCUT2D eigenvalue weighted by atomic mass is 9.89. The van der Waals surface area contributed by atoms with Crippen molar-refractivity contribution >= 4 is 24.2 Å². The van der Waals surface area contributed by atoms with Crippen LogP contribution in [0.25, 0.3) is 6.08 Å². The Morgan fingerprint density at radius 2 is 1.80 bits per heavy atom. The summed E-state index contributed by atoms with van der Waals surface area (Å²) >= 11 is 0. The Morgan fingerprint density at radius 1 is 1.08 bits per heavy atom. The van der Waals surface area contributed by atoms with Crippen molar-refractivity contribution < 1.29 is 14.2 Å². The van der Waals surface area contributed by atoms with E-state index in [1.54, 1.807) is 7.11 Å². The predicted octanol–water partition coefficient (Wildman–Crippen LogP) is 4.47. The average Bonchev–Trinajstić information content (AvgIpc) is 3.08. The normalized spacial score (nSPS) is 17.7. The van der Waals surface area contributed by atoms with Gasteiger partial charge in [0.25, 0.3) is 0 Å². The van der Waals surface area contributed by atoms with Gasteiger partial charge in [-0.25, -0.2) is 0 Å². The summed E-state index contributed by atoms with van der Waals surface area (Å²) < 4.78 is 16.2. The number of rotatable bonds is 3. The van der Waals surface area contributed by atoms with Crippen molar-refractivity contribution in [1.82, 2.24) is 0 Å². The monoisotopic (exact) mass is 357 g/mol. The van der Waals surface area contributed by atoms with Crippen molar-refractivity contribution in [2.75, 3.05) is 20.4 Å². The summed E-state index contributed by atoms with van der Waals surface area (Å²) in [6.45, 7) is 3.27. The lowest BCUT2D eigenvalue weighted by Gasteiger charge is -2.21. The summed E-state index contributed by atoms with van der Waals surface area (Å²) in [6.07, 6.45) is 4.14. The van der Waals surface area contributed by atoms with Crippen LogP contribution in [0.1, 0.15) is 29.5 Å². The summed E-state index contributed by atoms with van der Waals surface area (Å²) in [4.78, 5) is 4.73. The molecule has 0 amide bonds. The van der Waals surface area contributed by atoms with Gasteiger partial charge in [0.05, 0.1) is 12.8 Å². The zero-order valence-electron chi connectivity index (χ0n) is 14.2. The molecule has 4 rings (SSSR count). The van der Waals surface area contributed by atoms with Gasteiger partial charge in [-0.05, 0) is 41.5 Å². The van der Waals surface area contributed by atoms with E-state index in [2.05, 4.69) is 25.1 Å². The molecular weight excluding hydrogens is 338 g/mol. The Morgan fingerprint density at radius 3 is 2.52 bits per heavy atom. The van der Waals surface area contributed by atoms with E-state index in [4.69, 9.17) is 19.2 Å². The second kappa shape index (κ2) is 7.19. The number of halogens is 1. The minimum absolute atomic E-state index is 0. The molecule has 0 radical (unpaired) electrons. The lowest BCUT2D eigenvalue weighted by molar-refractivity contribution is 0.174. The third kappa shape index (κ3) is 3.35. The third-order valence-electron chi connectivity index (χ3n) is 4.44. The van der Waals surface area contributed by atoms with Gasteiger partial charge in [0, 0.05) is 18.0 Å². The van der Waals surface area contributed by atoms with Gasteiger partial charge in [0.1, 0.15) is 5.75 Å². The number of hydrogen-bond donors (Lipinski definition) is 0. The largest absolute Gasteiger partial charge is 0.497 e. The van der Waals surface area contributed by atoms with Gasteiger partial charge in [-0.15, -0.1) is 12.4 Å². The molecule has 1 unspecified atom stereocenters. The quantitative estimate of drug-likeness (QED) is 0.813. The molecule has 0 fully saturated rings. The van der Waals surface area contributed by atoms with E-state index >= 15 is 0 Å². The van der Waals surface area contributed by atoms with Crippen molar-refractivity contribution in [2.45, 2.75) is 12.8 Å². The Hall–Kier alpha value is -2.46. The molecule has 2 aromatic carbocycles. The van der Waals surface area contributed by atoms with Crippen LogP contribution < -0.4 is 14.2 Å². The minimum Gasteiger partial charge on any atom is -0.497 e. The number of benzene rings is 2. The summed E-state index contributed by atoms with van der Waals surface area (Å²) in [6, 6.07) is 12.1. The summed E-state index contributed by atoms with van der Waals surface area (Å²) in [5, 5.41) is 0. The molecule has 1 atom stereocenters. The first-order valence-corrected chi connectivity index (χ1v) is 8.05. The van der Waals surface area contributed by atoms with Gasteiger partial charge >= 0.3 is 0 Å². The maximum Gasteiger partial charge on any atom is 0.231 e. The molecule has 0 N–H and O–H groups in total. The van der Waals surface area contributed by atoms with Crippen LogP contribution in [0.4, 0.5) is 0 Å². The SMILES string of the molecule is COc1ccc(C=CC2=NCC(C)c3cc4c(cc32)OCO4)cc1.Cl. The highest BCUT2D eigenvalue weighted by atomic mass is 35.5. The maximum atomic E-state index is 5.52. The van der Waals surface area contributed by atoms with Crippen molar-refractivity contribution in [3.8, 4) is 17.2 Å². The number of ether oxygens (including phenoxy) is 3. The predicted molar refractivity (Wildman–Crippen MR) is 102 cm³/mol. The van der Waals surface area contributed by atoms with Gasteiger partial charge in [0.2, 0.25) is 6.79 Å². The Labute approximate surface area is 153 Å². The van der Waals surface area contributed by atoms with E-state index in [1.165, 1.54) is 5.56 Å². The van der Waals surface area contributed by atoms with Crippen molar-refractivity contribution in [1.29, 1.82) is 0 Å². The number of methoxy groups -OCH3 is 1. The number of nitrogens with zero attached hydrogens (tertiary/aromatic N) is 1. The molecule has 0 saturated heterocycles. The molecule has 2 aliphatic rings. The molecule has 2 aliphatic heterocycles. The molecule has 25 heavy (non-hydrogen) atoms. The first-order chi connectivity index (χ1) is 11.7. The van der Waals surface area contributed by atoms with Crippen LogP contribution in [0.5, 0.6) is 17.2 Å². The van der Waals surface area contributed by atoms with E-state index < -0.39 is 0 Å². The Kier molecular flexibility index (Phi) is 5.00. The zero-order chi connectivity index (χ0) is 16.5. The molecule has 0 aromatic heterocycles. The van der Waals surface area contributed by atoms with E-state index in [-0.39, 0.29) is 12.4 Å². The van der Waals surface area contributed by atoms with Gasteiger partial charge < -0.3 is 14.2 Å². The fourth-order valence-corrected chi connectivity index (χ4v) is 3.04. The van der Waals surface area contributed by atoms with Crippen LogP contribution >= 0.6 is 12.4 Å². The van der Waals surface area contributed by atoms with E-state index in [1.807, 2.05) is 30.3 Å². The first-order valence-electron chi connectivity index (χ1n) is 8.05. The summed E-state index contributed by atoms with van der Waals surface area (Å²) in [5.74, 6) is 2.87. The van der Waals surface area contributed by atoms with Gasteiger partial charge in [0.15, 0.2) is 11.5 Å². The van der Waals surface area contributed by atoms with Crippen molar-refractivity contribution in [3.63, 3.8) is 0 Å². The third-order valence-corrected chi connectivity index (χ3v) is 4.44. The average molecular weight is 358 g/mol. The fraction of sp³-hybridized carbons (Fsp3) is 0.250. The topological polar surface area (TPSA) is 40.0 Å². The van der Waals surface area contributed by atoms with Gasteiger partial charge in [-0.1, -0.05) is 25.1 Å². The standard InChI is InChI=1S/C20H19NO3.ClH/c1-13-11-21-18(8-5-14-3-6-15(22-2)7-4-14)17-10-20-19(9-16(13)17)23-12-24-20;/h3-10,13H,11-12H2,1-2H3;1H. The molecule has 0 spiro atoms. The first kappa shape index (κ1) is 17.4. The molecular formula is C20H20ClNO3. The molecule has 4 nitrogen and oxygen atoms in total. The highest BCUT2D eigenvalue weighted by Crippen LogP contribution is 2.39. The zero-order valence-corrected chi connectivity index (χ0v) is 15.0. The van der Waals surface area contributed by atoms with E-state index in [0.29, 0.717) is 12.7 Å². The van der Waals surface area contributed by atoms with Crippen LogP contribution in [-0.2, 0) is 0 Å². The number of fused-ring (bicyclic) bond motifs is 2. The van der Waals surface area contributed by atoms with Gasteiger partial charge in [-0.3, -0.25) is 4.99 Å². The van der Waals surface area contributed by atoms with Crippen LogP contribution in [0, 0.1) is 0 Å². The molecule has 0 bridgehead atoms. The number of allylic oxidation sites excluding steroid dienone is 1. The maximum absolute atomic E-state index is 5.52. The summed E-state index contributed by atoms with van der Waals surface area (Å²) in [5.41, 5.74) is 4.49. The van der Waals surface area contributed by atoms with E-state index in [0.717, 1.165) is 40.6 Å². The smallest absolute Gasteiger partial charge is 0.231 e. The fourth-order valence-electron chi connectivity index (χ4n) is 3.04. The lowest BCUT2D eigenvalue weighted by Crippen LogP contribution is -2.14. The van der Waals surface area contributed by atoms with Crippen LogP contribution in [0.3, 0.4) is 0 Å². The number of hydrogen-bond acceptors (Lipinski definition) is 4. The van der Waals surface area contributed by atoms with Crippen LogP contribution in [0.2, 0.25) is 0 Å². The van der Waals surface area contributed by atoms with E-state index in [9.17, 15) is 0 Å². The molecule has 5 heteroatoms. The van der Waals surface area contributed by atoms with Crippen LogP contribution in [0.15, 0.2) is 47.5 Å². The van der Waals surface area contributed by atoms with Crippen LogP contribution in [-0.4, -0.2) is 26.2 Å². The minimum atomic E-state index is 0. The highest BCUT2D eigenvalue weighted by molar-refractivity contribution is 6.12. The Balaban J connectivity index is 0.00000182. The second-order valence-electron chi connectivity index (χ2n) is 6.03. The molecule has 0 aliphatic carbocycles. The molecule has 2 aromatic rings. The summed E-state index contributed by atoms with van der Waals surface area (Å²) in [7, 11) is 1.67. The second-order valence-corrected chi connectivity index (χ2v) is 6.03. The molecule has 2 heterocycles. The van der Waals surface area contributed by atoms with Gasteiger partial charge in [-0.2, -0.15) is 0 Å². The molecule has 0 saturated carbocycles. The molecule has 130 valence electrons. The van der Waals surface area contributed by atoms with Crippen molar-refractivity contribution in [2.24, 2.45) is 4.99 Å². The number of aliphatic imine (C=N–C) groups is 1.